The minimum Gasteiger partial charge on any atom is -0.425 e. The van der Waals surface area contributed by atoms with Crippen molar-refractivity contribution in [3.63, 3.8) is 0 Å². The van der Waals surface area contributed by atoms with Crippen LogP contribution in [0.4, 0.5) is 0 Å². The Kier molecular flexibility index (Phi) is 2.32. The third-order valence-electron chi connectivity index (χ3n) is 3.40. The lowest BCUT2D eigenvalue weighted by Gasteiger charge is -2.01. The molecule has 4 rings (SSSR count). The third-order valence-corrected chi connectivity index (χ3v) is 3.40. The Balaban J connectivity index is 2.06. The molecule has 0 radical (unpaired) electrons. The van der Waals surface area contributed by atoms with Gasteiger partial charge < -0.3 is 5.21 Å². The van der Waals surface area contributed by atoms with Crippen LogP contribution in [0.1, 0.15) is 0 Å². The first-order valence-electron chi connectivity index (χ1n) is 6.39. The van der Waals surface area contributed by atoms with E-state index in [0.717, 1.165) is 11.3 Å². The fourth-order valence-corrected chi connectivity index (χ4v) is 2.36. The second kappa shape index (κ2) is 4.17. The molecule has 0 spiro atoms. The van der Waals surface area contributed by atoms with Crippen LogP contribution in [0.3, 0.4) is 0 Å². The number of hydrogen-bond acceptors (Lipinski definition) is 4. The Morgan fingerprint density at radius 1 is 1.10 bits per heavy atom. The zero-order valence-corrected chi connectivity index (χ0v) is 10.8. The Bertz CT molecular complexity index is 1020. The Morgan fingerprint density at radius 2 is 1.90 bits per heavy atom. The first kappa shape index (κ1) is 11.7. The molecule has 0 atom stereocenters. The quantitative estimate of drug-likeness (QED) is 0.540. The van der Waals surface area contributed by atoms with Gasteiger partial charge in [-0.25, -0.2) is 9.50 Å². The van der Waals surface area contributed by atoms with Crippen LogP contribution in [0.2, 0.25) is 0 Å². The first-order chi connectivity index (χ1) is 10.2. The Morgan fingerprint density at radius 3 is 2.71 bits per heavy atom. The fourth-order valence-electron chi connectivity index (χ4n) is 2.36. The smallest absolute Gasteiger partial charge is 0.293 e. The zero-order chi connectivity index (χ0) is 14.4. The fraction of sp³-hybridized carbons (Fsp3) is 0. The van der Waals surface area contributed by atoms with E-state index in [9.17, 15) is 10.0 Å². The van der Waals surface area contributed by atoms with Crippen molar-refractivity contribution in [1.29, 1.82) is 0 Å². The molecule has 0 aliphatic rings. The van der Waals surface area contributed by atoms with Gasteiger partial charge in [0.25, 0.3) is 5.56 Å². The molecular weight excluding hydrogens is 268 g/mol. The van der Waals surface area contributed by atoms with Crippen LogP contribution < -0.4 is 5.56 Å². The number of rotatable bonds is 1. The van der Waals surface area contributed by atoms with Crippen molar-refractivity contribution in [2.45, 2.75) is 0 Å². The van der Waals surface area contributed by atoms with Gasteiger partial charge in [-0.3, -0.25) is 4.79 Å². The number of fused-ring (bicyclic) bond motifs is 3. The van der Waals surface area contributed by atoms with Crippen molar-refractivity contribution in [2.75, 3.05) is 0 Å². The van der Waals surface area contributed by atoms with Crippen LogP contribution in [0, 0.1) is 0 Å². The van der Waals surface area contributed by atoms with Gasteiger partial charge >= 0.3 is 0 Å². The summed E-state index contributed by atoms with van der Waals surface area (Å²) < 4.78 is 2.15. The van der Waals surface area contributed by atoms with Gasteiger partial charge in [0.2, 0.25) is 0 Å². The highest BCUT2D eigenvalue weighted by Gasteiger charge is 2.10. The summed E-state index contributed by atoms with van der Waals surface area (Å²) in [5, 5.41) is 14.2. The largest absolute Gasteiger partial charge is 0.425 e. The lowest BCUT2D eigenvalue weighted by molar-refractivity contribution is 0.176. The summed E-state index contributed by atoms with van der Waals surface area (Å²) in [5.74, 6) is 0. The van der Waals surface area contributed by atoms with Crippen molar-refractivity contribution in [3.05, 3.63) is 65.2 Å². The van der Waals surface area contributed by atoms with Gasteiger partial charge in [0, 0.05) is 24.0 Å². The third kappa shape index (κ3) is 1.69. The molecule has 6 heteroatoms. The highest BCUT2D eigenvalue weighted by atomic mass is 16.5. The molecule has 3 heterocycles. The minimum absolute atomic E-state index is 0.315. The van der Waals surface area contributed by atoms with Gasteiger partial charge in [-0.15, -0.1) is 0 Å². The summed E-state index contributed by atoms with van der Waals surface area (Å²) in [7, 11) is 0. The molecule has 6 nitrogen and oxygen atoms in total. The number of hydrogen-bond donors (Lipinski definition) is 1. The molecular formula is C15H10N4O2. The molecule has 0 saturated carbocycles. The molecule has 0 bridgehead atoms. The van der Waals surface area contributed by atoms with E-state index in [4.69, 9.17) is 0 Å². The van der Waals surface area contributed by atoms with Crippen LogP contribution in [0.15, 0.2) is 59.7 Å². The van der Waals surface area contributed by atoms with Gasteiger partial charge in [0.05, 0.1) is 16.6 Å². The normalized spacial score (nSPS) is 11.2. The van der Waals surface area contributed by atoms with Gasteiger partial charge in [-0.1, -0.05) is 30.3 Å². The molecule has 0 amide bonds. The van der Waals surface area contributed by atoms with E-state index < -0.39 is 5.56 Å². The highest BCUT2D eigenvalue weighted by molar-refractivity contribution is 5.80. The topological polar surface area (TPSA) is 72.4 Å². The van der Waals surface area contributed by atoms with Crippen LogP contribution in [-0.2, 0) is 0 Å². The predicted molar refractivity (Wildman–Crippen MR) is 77.4 cm³/mol. The summed E-state index contributed by atoms with van der Waals surface area (Å²) in [4.78, 5) is 16.1. The molecule has 0 saturated heterocycles. The summed E-state index contributed by atoms with van der Waals surface area (Å²) >= 11 is 0. The van der Waals surface area contributed by atoms with Crippen molar-refractivity contribution in [2.24, 2.45) is 0 Å². The van der Waals surface area contributed by atoms with Gasteiger partial charge in [0.1, 0.15) is 0 Å². The summed E-state index contributed by atoms with van der Waals surface area (Å²) in [6.45, 7) is 0. The standard InChI is InChI=1S/C15H10N4O2/c20-15-11-9-16-14-8-12(10-4-2-1-3-5-10)17-19(14)13(11)6-7-18(15)21/h1-9,21H. The van der Waals surface area contributed by atoms with E-state index in [1.807, 2.05) is 36.4 Å². The van der Waals surface area contributed by atoms with Crippen molar-refractivity contribution in [1.82, 2.24) is 19.3 Å². The van der Waals surface area contributed by atoms with Crippen LogP contribution in [0.5, 0.6) is 0 Å². The second-order valence-corrected chi connectivity index (χ2v) is 4.69. The summed E-state index contributed by atoms with van der Waals surface area (Å²) in [6, 6.07) is 13.2. The Labute approximate surface area is 118 Å². The molecule has 102 valence electrons. The molecule has 0 aliphatic heterocycles. The highest BCUT2D eigenvalue weighted by Crippen LogP contribution is 2.20. The lowest BCUT2D eigenvalue weighted by Crippen LogP contribution is -2.17. The average Bonchev–Trinajstić information content (AvgIpc) is 2.96. The van der Waals surface area contributed by atoms with E-state index >= 15 is 0 Å². The van der Waals surface area contributed by atoms with E-state index in [2.05, 4.69) is 10.1 Å². The summed E-state index contributed by atoms with van der Waals surface area (Å²) in [5.41, 5.74) is 2.50. The minimum atomic E-state index is -0.515. The first-order valence-corrected chi connectivity index (χ1v) is 6.39. The average molecular weight is 278 g/mol. The molecule has 0 unspecified atom stereocenters. The number of pyridine rings is 1. The number of benzene rings is 1. The SMILES string of the molecule is O=c1c2cnc3cc(-c4ccccc4)nn3c2ccn1O. The van der Waals surface area contributed by atoms with Crippen LogP contribution >= 0.6 is 0 Å². The maximum absolute atomic E-state index is 11.9. The van der Waals surface area contributed by atoms with Gasteiger partial charge in [-0.2, -0.15) is 9.83 Å². The zero-order valence-electron chi connectivity index (χ0n) is 10.8. The van der Waals surface area contributed by atoms with E-state index in [1.54, 1.807) is 10.6 Å². The van der Waals surface area contributed by atoms with Gasteiger partial charge in [-0.05, 0) is 6.07 Å². The van der Waals surface area contributed by atoms with Crippen LogP contribution in [0.25, 0.3) is 27.8 Å². The molecule has 1 aromatic carbocycles. The Hall–Kier alpha value is -3.15. The van der Waals surface area contributed by atoms with E-state index in [-0.39, 0.29) is 0 Å². The van der Waals surface area contributed by atoms with Crippen molar-refractivity contribution < 1.29 is 5.21 Å². The summed E-state index contributed by atoms with van der Waals surface area (Å²) in [6.07, 6.45) is 2.75. The number of nitrogens with zero attached hydrogens (tertiary/aromatic N) is 4. The van der Waals surface area contributed by atoms with Crippen molar-refractivity contribution >= 4 is 16.6 Å². The maximum atomic E-state index is 11.9. The van der Waals surface area contributed by atoms with Crippen LogP contribution in [-0.4, -0.2) is 24.5 Å². The molecule has 4 aromatic rings. The molecule has 0 aliphatic carbocycles. The van der Waals surface area contributed by atoms with Crippen molar-refractivity contribution in [3.8, 4) is 11.3 Å². The molecule has 0 fully saturated rings. The molecule has 1 N–H and O–H groups in total. The maximum Gasteiger partial charge on any atom is 0.293 e. The molecule has 3 aromatic heterocycles. The van der Waals surface area contributed by atoms with E-state index in [0.29, 0.717) is 21.3 Å². The molecule has 21 heavy (non-hydrogen) atoms. The second-order valence-electron chi connectivity index (χ2n) is 4.69. The van der Waals surface area contributed by atoms with Gasteiger partial charge in [0.15, 0.2) is 5.65 Å². The lowest BCUT2D eigenvalue weighted by atomic mass is 10.2. The number of aromatic nitrogens is 4. The van der Waals surface area contributed by atoms with E-state index in [1.165, 1.54) is 12.4 Å². The monoisotopic (exact) mass is 278 g/mol. The predicted octanol–water partition coefficient (Wildman–Crippen LogP) is 1.95.